The topological polar surface area (TPSA) is 79.8 Å². The SMILES string of the molecule is O=C1CN(Cc2cccnc2-c2ccc(S(F)(F)(F)(F)F)cc2)C(=O)N1OC(=O)C(F)(F)F. The Bertz CT molecular complexity index is 1140. The van der Waals surface area contributed by atoms with Gasteiger partial charge in [-0.15, -0.1) is 0 Å². The first kappa shape index (κ1) is 24.2. The molecule has 0 aliphatic carbocycles. The molecule has 3 rings (SSSR count). The molecule has 33 heavy (non-hydrogen) atoms. The number of rotatable bonds is 5. The van der Waals surface area contributed by atoms with Gasteiger partial charge in [-0.1, -0.05) is 42.7 Å². The van der Waals surface area contributed by atoms with E-state index in [1.165, 1.54) is 18.3 Å². The highest BCUT2D eigenvalue weighted by Gasteiger charge is 2.65. The Hall–Kier alpha value is -3.43. The van der Waals surface area contributed by atoms with E-state index in [1.807, 2.05) is 0 Å². The van der Waals surface area contributed by atoms with E-state index in [-0.39, 0.29) is 34.0 Å². The van der Waals surface area contributed by atoms with Gasteiger partial charge in [-0.05, 0) is 23.8 Å². The maximum atomic E-state index is 12.9. The van der Waals surface area contributed by atoms with Gasteiger partial charge in [0, 0.05) is 11.8 Å². The largest absolute Gasteiger partial charge is 0.493 e. The molecule has 1 aromatic heterocycles. The molecule has 1 saturated heterocycles. The summed E-state index contributed by atoms with van der Waals surface area (Å²) >= 11 is 0. The highest BCUT2D eigenvalue weighted by Crippen LogP contribution is 3.02. The monoisotopic (exact) mass is 505 g/mol. The minimum atomic E-state index is -9.90. The molecule has 0 atom stereocenters. The molecule has 16 heteroatoms. The number of halogens is 8. The van der Waals surface area contributed by atoms with Gasteiger partial charge in [-0.3, -0.25) is 9.78 Å². The zero-order valence-corrected chi connectivity index (χ0v) is 16.7. The van der Waals surface area contributed by atoms with E-state index in [2.05, 4.69) is 9.82 Å². The number of carbonyl (C=O) groups excluding carboxylic acids is 3. The second kappa shape index (κ2) is 7.03. The predicted octanol–water partition coefficient (Wildman–Crippen LogP) is 5.19. The molecule has 1 aromatic carbocycles. The van der Waals surface area contributed by atoms with Gasteiger partial charge in [0.25, 0.3) is 5.91 Å². The zero-order valence-electron chi connectivity index (χ0n) is 15.9. The molecule has 180 valence electrons. The highest BCUT2D eigenvalue weighted by molar-refractivity contribution is 8.45. The van der Waals surface area contributed by atoms with E-state index in [1.54, 1.807) is 0 Å². The average Bonchev–Trinajstić information content (AvgIpc) is 2.93. The number of hydroxylamine groups is 2. The molecule has 1 fully saturated rings. The Morgan fingerprint density at radius 3 is 2.18 bits per heavy atom. The van der Waals surface area contributed by atoms with E-state index < -0.39 is 52.3 Å². The fraction of sp³-hybridized carbons (Fsp3) is 0.176. The van der Waals surface area contributed by atoms with Crippen LogP contribution in [0.1, 0.15) is 5.56 Å². The number of nitrogens with zero attached hydrogens (tertiary/aromatic N) is 3. The van der Waals surface area contributed by atoms with Crippen molar-refractivity contribution in [1.29, 1.82) is 0 Å². The first-order valence-corrected chi connectivity index (χ1v) is 10.5. The van der Waals surface area contributed by atoms with Crippen LogP contribution in [0.15, 0.2) is 47.5 Å². The molecule has 0 radical (unpaired) electrons. The van der Waals surface area contributed by atoms with Crippen molar-refractivity contribution in [3.05, 3.63) is 48.2 Å². The molecule has 0 saturated carbocycles. The van der Waals surface area contributed by atoms with Gasteiger partial charge < -0.3 is 9.74 Å². The van der Waals surface area contributed by atoms with Gasteiger partial charge in [0.2, 0.25) is 0 Å². The summed E-state index contributed by atoms with van der Waals surface area (Å²) < 4.78 is 102. The molecular weight excluding hydrogens is 494 g/mol. The van der Waals surface area contributed by atoms with Gasteiger partial charge >= 0.3 is 28.4 Å². The van der Waals surface area contributed by atoms with Gasteiger partial charge in [-0.2, -0.15) is 13.2 Å². The van der Waals surface area contributed by atoms with Crippen LogP contribution in [0.5, 0.6) is 0 Å². The fourth-order valence-corrected chi connectivity index (χ4v) is 3.43. The molecule has 2 heterocycles. The Balaban J connectivity index is 1.84. The van der Waals surface area contributed by atoms with Crippen molar-refractivity contribution < 1.29 is 51.8 Å². The molecule has 0 unspecified atom stereocenters. The average molecular weight is 505 g/mol. The van der Waals surface area contributed by atoms with Crippen LogP contribution in [0.3, 0.4) is 0 Å². The lowest BCUT2D eigenvalue weighted by molar-refractivity contribution is -0.225. The number of hydrogen-bond acceptors (Lipinski definition) is 5. The van der Waals surface area contributed by atoms with Crippen LogP contribution < -0.4 is 0 Å². The molecule has 1 aliphatic rings. The molecular formula is C17H11F8N3O4S. The smallest absolute Gasteiger partial charge is 0.320 e. The third-order valence-electron chi connectivity index (χ3n) is 4.23. The van der Waals surface area contributed by atoms with Crippen LogP contribution in [0.2, 0.25) is 0 Å². The lowest BCUT2D eigenvalue weighted by Crippen LogP contribution is -2.39. The van der Waals surface area contributed by atoms with Crippen molar-refractivity contribution in [1.82, 2.24) is 14.9 Å². The predicted molar refractivity (Wildman–Crippen MR) is 95.9 cm³/mol. The van der Waals surface area contributed by atoms with E-state index in [9.17, 15) is 47.0 Å². The molecule has 0 spiro atoms. The van der Waals surface area contributed by atoms with Crippen LogP contribution in [0, 0.1) is 0 Å². The lowest BCUT2D eigenvalue weighted by Gasteiger charge is -2.40. The number of urea groups is 1. The summed E-state index contributed by atoms with van der Waals surface area (Å²) in [5.41, 5.74) is 0.0226. The van der Waals surface area contributed by atoms with Gasteiger partial charge in [0.05, 0.1) is 12.2 Å². The molecule has 1 aliphatic heterocycles. The van der Waals surface area contributed by atoms with Crippen LogP contribution in [0.25, 0.3) is 11.3 Å². The van der Waals surface area contributed by atoms with Gasteiger partial charge in [0.15, 0.2) is 0 Å². The van der Waals surface area contributed by atoms with E-state index in [0.29, 0.717) is 4.90 Å². The third kappa shape index (κ3) is 5.32. The summed E-state index contributed by atoms with van der Waals surface area (Å²) in [7, 11) is -9.90. The summed E-state index contributed by atoms with van der Waals surface area (Å²) in [4.78, 5) is 41.2. The zero-order chi connectivity index (χ0) is 24.9. The number of amides is 3. The molecule has 3 amide bonds. The number of pyridine rings is 1. The van der Waals surface area contributed by atoms with E-state index in [0.717, 1.165) is 12.1 Å². The summed E-state index contributed by atoms with van der Waals surface area (Å²) in [6, 6.07) is 3.08. The number of imide groups is 1. The van der Waals surface area contributed by atoms with Crippen molar-refractivity contribution in [3.63, 3.8) is 0 Å². The maximum absolute atomic E-state index is 12.9. The van der Waals surface area contributed by atoms with Gasteiger partial charge in [0.1, 0.15) is 11.4 Å². The Morgan fingerprint density at radius 1 is 1.03 bits per heavy atom. The van der Waals surface area contributed by atoms with Crippen LogP contribution in [0.4, 0.5) is 37.4 Å². The van der Waals surface area contributed by atoms with Crippen molar-refractivity contribution in [3.8, 4) is 11.3 Å². The van der Waals surface area contributed by atoms with Crippen molar-refractivity contribution in [2.75, 3.05) is 6.54 Å². The molecule has 2 aromatic rings. The Kier molecular flexibility index (Phi) is 5.16. The third-order valence-corrected chi connectivity index (χ3v) is 5.39. The highest BCUT2D eigenvalue weighted by atomic mass is 32.5. The summed E-state index contributed by atoms with van der Waals surface area (Å²) in [5, 5.41) is -0.366. The van der Waals surface area contributed by atoms with Gasteiger partial charge in [-0.25, -0.2) is 9.59 Å². The second-order valence-corrected chi connectivity index (χ2v) is 9.12. The first-order valence-electron chi connectivity index (χ1n) is 8.56. The standard InChI is InChI=1S/C17H11F8N3O4S/c18-17(19,20)15(30)32-28-13(29)9-27(16(28)31)8-11-2-1-7-26-14(11)10-3-5-12(6-4-10)33(21,22,23,24)25/h1-7H,8-9H2. The summed E-state index contributed by atoms with van der Waals surface area (Å²) in [6.45, 7) is -1.25. The Morgan fingerprint density at radius 2 is 1.64 bits per heavy atom. The number of aromatic nitrogens is 1. The molecule has 0 N–H and O–H groups in total. The summed E-state index contributed by atoms with van der Waals surface area (Å²) in [6.07, 6.45) is -4.25. The van der Waals surface area contributed by atoms with Crippen LogP contribution in [-0.2, 0) is 21.0 Å². The lowest BCUT2D eigenvalue weighted by atomic mass is 10.1. The van der Waals surface area contributed by atoms with E-state index >= 15 is 0 Å². The number of benzene rings is 1. The number of carbonyl (C=O) groups is 3. The normalized spacial score (nSPS) is 17.1. The number of hydrogen-bond donors (Lipinski definition) is 0. The minimum Gasteiger partial charge on any atom is -0.320 e. The van der Waals surface area contributed by atoms with Crippen LogP contribution in [-0.4, -0.2) is 45.6 Å². The minimum absolute atomic E-state index is 0.0443. The maximum Gasteiger partial charge on any atom is 0.493 e. The second-order valence-electron chi connectivity index (χ2n) is 6.71. The van der Waals surface area contributed by atoms with Crippen molar-refractivity contribution >= 4 is 28.1 Å². The number of alkyl halides is 3. The quantitative estimate of drug-likeness (QED) is 0.413. The molecule has 7 nitrogen and oxygen atoms in total. The van der Waals surface area contributed by atoms with E-state index in [4.69, 9.17) is 0 Å². The Labute approximate surface area is 179 Å². The van der Waals surface area contributed by atoms with Crippen molar-refractivity contribution in [2.24, 2.45) is 0 Å². The summed E-state index contributed by atoms with van der Waals surface area (Å²) in [5.74, 6) is -4.07. The van der Waals surface area contributed by atoms with Crippen LogP contribution >= 0.6 is 10.2 Å². The van der Waals surface area contributed by atoms with Crippen molar-refractivity contribution in [2.45, 2.75) is 17.6 Å². The molecule has 0 bridgehead atoms. The fourth-order valence-electron chi connectivity index (χ4n) is 2.78. The first-order chi connectivity index (χ1) is 14.9.